The van der Waals surface area contributed by atoms with Crippen molar-refractivity contribution in [2.45, 2.75) is 26.3 Å². The Kier molecular flexibility index (Phi) is 3.28. The average molecular weight is 232 g/mol. The summed E-state index contributed by atoms with van der Waals surface area (Å²) in [5, 5.41) is 0. The van der Waals surface area contributed by atoms with Gasteiger partial charge < -0.3 is 10.6 Å². The first-order valence-corrected chi connectivity index (χ1v) is 6.40. The molecule has 2 N–H and O–H groups in total. The van der Waals surface area contributed by atoms with E-state index in [1.807, 2.05) is 0 Å². The van der Waals surface area contributed by atoms with Crippen molar-refractivity contribution in [3.8, 4) is 0 Å². The Hall–Kier alpha value is -0.860. The lowest BCUT2D eigenvalue weighted by atomic mass is 10.0. The fourth-order valence-electron chi connectivity index (χ4n) is 3.10. The third-order valence-corrected chi connectivity index (χ3v) is 4.11. The van der Waals surface area contributed by atoms with E-state index in [0.29, 0.717) is 17.3 Å². The van der Waals surface area contributed by atoms with Crippen molar-refractivity contribution in [3.05, 3.63) is 35.4 Å². The van der Waals surface area contributed by atoms with Crippen LogP contribution in [-0.4, -0.2) is 25.5 Å². The van der Waals surface area contributed by atoms with Crippen LogP contribution in [0, 0.1) is 11.3 Å². The third-order valence-electron chi connectivity index (χ3n) is 4.11. The molecule has 0 radical (unpaired) electrons. The zero-order valence-electron chi connectivity index (χ0n) is 11.4. The summed E-state index contributed by atoms with van der Waals surface area (Å²) in [5.41, 5.74) is 9.09. The van der Waals surface area contributed by atoms with E-state index in [2.05, 4.69) is 57.1 Å². The summed E-state index contributed by atoms with van der Waals surface area (Å²) in [6.45, 7) is 6.46. The lowest BCUT2D eigenvalue weighted by molar-refractivity contribution is 0.402. The molecule has 0 aliphatic heterocycles. The Morgan fingerprint density at radius 2 is 2.00 bits per heavy atom. The molecule has 2 heteroatoms. The van der Waals surface area contributed by atoms with Crippen LogP contribution in [0.15, 0.2) is 24.3 Å². The number of nitrogens with zero attached hydrogens (tertiary/aromatic N) is 1. The Balaban J connectivity index is 2.18. The van der Waals surface area contributed by atoms with Gasteiger partial charge in [0.1, 0.15) is 0 Å². The summed E-state index contributed by atoms with van der Waals surface area (Å²) in [5.74, 6) is 1.30. The van der Waals surface area contributed by atoms with E-state index in [1.165, 1.54) is 11.1 Å². The lowest BCUT2D eigenvalue weighted by Crippen LogP contribution is -2.10. The Bertz CT molecular complexity index is 396. The SMILES string of the molecule is CN(C)Cc1cccc([C@H]2[C@H](CN)C2(C)C)c1. The molecule has 17 heavy (non-hydrogen) atoms. The summed E-state index contributed by atoms with van der Waals surface area (Å²) < 4.78 is 0. The maximum atomic E-state index is 5.85. The number of hydrogen-bond donors (Lipinski definition) is 1. The summed E-state index contributed by atoms with van der Waals surface area (Å²) in [6.07, 6.45) is 0. The molecule has 0 heterocycles. The van der Waals surface area contributed by atoms with Gasteiger partial charge in [0, 0.05) is 6.54 Å². The van der Waals surface area contributed by atoms with Crippen LogP contribution in [0.4, 0.5) is 0 Å². The molecule has 2 atom stereocenters. The van der Waals surface area contributed by atoms with E-state index in [9.17, 15) is 0 Å². The standard InChI is InChI=1S/C15H24N2/c1-15(2)13(9-16)14(15)12-7-5-6-11(8-12)10-17(3)4/h5-8,13-14H,9-10,16H2,1-4H3/t13-,14-/m0/s1. The normalized spacial score (nSPS) is 26.2. The summed E-state index contributed by atoms with van der Waals surface area (Å²) in [6, 6.07) is 8.98. The molecule has 0 spiro atoms. The van der Waals surface area contributed by atoms with Crippen molar-refractivity contribution in [1.29, 1.82) is 0 Å². The van der Waals surface area contributed by atoms with Gasteiger partial charge in [0.25, 0.3) is 0 Å². The van der Waals surface area contributed by atoms with Crippen molar-refractivity contribution in [2.24, 2.45) is 17.1 Å². The first-order valence-electron chi connectivity index (χ1n) is 6.40. The van der Waals surface area contributed by atoms with Crippen molar-refractivity contribution in [2.75, 3.05) is 20.6 Å². The minimum atomic E-state index is 0.380. The Morgan fingerprint density at radius 1 is 1.29 bits per heavy atom. The molecule has 2 rings (SSSR count). The molecule has 2 nitrogen and oxygen atoms in total. The van der Waals surface area contributed by atoms with Crippen LogP contribution in [0.25, 0.3) is 0 Å². The highest BCUT2D eigenvalue weighted by Gasteiger charge is 2.57. The highest BCUT2D eigenvalue weighted by atomic mass is 15.0. The predicted molar refractivity (Wildman–Crippen MR) is 72.9 cm³/mol. The topological polar surface area (TPSA) is 29.3 Å². The van der Waals surface area contributed by atoms with Crippen LogP contribution < -0.4 is 5.73 Å². The lowest BCUT2D eigenvalue weighted by Gasteiger charge is -2.11. The summed E-state index contributed by atoms with van der Waals surface area (Å²) in [7, 11) is 4.22. The fourth-order valence-corrected chi connectivity index (χ4v) is 3.10. The van der Waals surface area contributed by atoms with E-state index < -0.39 is 0 Å². The van der Waals surface area contributed by atoms with E-state index in [-0.39, 0.29) is 0 Å². The van der Waals surface area contributed by atoms with Crippen molar-refractivity contribution < 1.29 is 0 Å². The zero-order chi connectivity index (χ0) is 12.6. The number of rotatable bonds is 4. The first-order chi connectivity index (χ1) is 7.96. The highest BCUT2D eigenvalue weighted by molar-refractivity contribution is 5.34. The van der Waals surface area contributed by atoms with Crippen molar-refractivity contribution in [1.82, 2.24) is 4.90 Å². The average Bonchev–Trinajstić information content (AvgIpc) is 2.79. The molecule has 0 amide bonds. The summed E-state index contributed by atoms with van der Waals surface area (Å²) in [4.78, 5) is 2.21. The molecular formula is C15H24N2. The van der Waals surface area contributed by atoms with Crippen LogP contribution in [0.5, 0.6) is 0 Å². The van der Waals surface area contributed by atoms with Gasteiger partial charge in [-0.25, -0.2) is 0 Å². The van der Waals surface area contributed by atoms with Gasteiger partial charge in [-0.1, -0.05) is 38.1 Å². The second kappa shape index (κ2) is 4.43. The van der Waals surface area contributed by atoms with Gasteiger partial charge in [0.15, 0.2) is 0 Å². The Morgan fingerprint density at radius 3 is 2.53 bits per heavy atom. The van der Waals surface area contributed by atoms with E-state index in [1.54, 1.807) is 0 Å². The molecule has 1 fully saturated rings. The maximum absolute atomic E-state index is 5.85. The monoisotopic (exact) mass is 232 g/mol. The molecule has 1 aromatic rings. The molecule has 1 saturated carbocycles. The zero-order valence-corrected chi connectivity index (χ0v) is 11.4. The minimum Gasteiger partial charge on any atom is -0.330 e. The van der Waals surface area contributed by atoms with Crippen LogP contribution in [0.2, 0.25) is 0 Å². The third kappa shape index (κ3) is 2.38. The van der Waals surface area contributed by atoms with Crippen molar-refractivity contribution in [3.63, 3.8) is 0 Å². The van der Waals surface area contributed by atoms with Gasteiger partial charge in [-0.3, -0.25) is 0 Å². The molecule has 0 unspecified atom stereocenters. The first kappa shape index (κ1) is 12.6. The van der Waals surface area contributed by atoms with E-state index >= 15 is 0 Å². The van der Waals surface area contributed by atoms with Crippen LogP contribution in [0.1, 0.15) is 30.9 Å². The van der Waals surface area contributed by atoms with Gasteiger partial charge >= 0.3 is 0 Å². The van der Waals surface area contributed by atoms with Gasteiger partial charge in [0.05, 0.1) is 0 Å². The highest BCUT2D eigenvalue weighted by Crippen LogP contribution is 2.63. The largest absolute Gasteiger partial charge is 0.330 e. The predicted octanol–water partition coefficient (Wildman–Crippen LogP) is 2.45. The van der Waals surface area contributed by atoms with Crippen LogP contribution in [-0.2, 0) is 6.54 Å². The molecule has 94 valence electrons. The number of benzene rings is 1. The van der Waals surface area contributed by atoms with Crippen LogP contribution in [0.3, 0.4) is 0 Å². The van der Waals surface area contributed by atoms with E-state index in [0.717, 1.165) is 13.1 Å². The molecule has 1 aromatic carbocycles. The molecule has 0 bridgehead atoms. The molecule has 0 saturated heterocycles. The van der Waals surface area contributed by atoms with Gasteiger partial charge in [0.2, 0.25) is 0 Å². The second-order valence-electron chi connectivity index (χ2n) is 6.12. The second-order valence-corrected chi connectivity index (χ2v) is 6.12. The van der Waals surface area contributed by atoms with Gasteiger partial charge in [-0.05, 0) is 49.0 Å². The smallest absolute Gasteiger partial charge is 0.0227 e. The number of hydrogen-bond acceptors (Lipinski definition) is 2. The van der Waals surface area contributed by atoms with Crippen molar-refractivity contribution >= 4 is 0 Å². The van der Waals surface area contributed by atoms with Gasteiger partial charge in [-0.15, -0.1) is 0 Å². The van der Waals surface area contributed by atoms with Crippen LogP contribution >= 0.6 is 0 Å². The molecule has 1 aliphatic carbocycles. The Labute approximate surface area is 105 Å². The molecule has 1 aliphatic rings. The van der Waals surface area contributed by atoms with Gasteiger partial charge in [-0.2, -0.15) is 0 Å². The quantitative estimate of drug-likeness (QED) is 0.864. The molecule has 0 aromatic heterocycles. The maximum Gasteiger partial charge on any atom is 0.0227 e. The number of nitrogens with two attached hydrogens (primary N) is 1. The minimum absolute atomic E-state index is 0.380. The molecular weight excluding hydrogens is 208 g/mol. The fraction of sp³-hybridized carbons (Fsp3) is 0.600. The van der Waals surface area contributed by atoms with E-state index in [4.69, 9.17) is 5.73 Å². The summed E-state index contributed by atoms with van der Waals surface area (Å²) >= 11 is 0.